The van der Waals surface area contributed by atoms with Crippen LogP contribution >= 0.6 is 0 Å². The van der Waals surface area contributed by atoms with E-state index < -0.39 is 0 Å². The Morgan fingerprint density at radius 3 is 2.47 bits per heavy atom. The lowest BCUT2D eigenvalue weighted by Crippen LogP contribution is -2.25. The van der Waals surface area contributed by atoms with Gasteiger partial charge in [-0.3, -0.25) is 0 Å². The molecule has 4 nitrogen and oxygen atoms in total. The van der Waals surface area contributed by atoms with Crippen molar-refractivity contribution < 1.29 is 9.47 Å². The molecule has 0 bridgehead atoms. The van der Waals surface area contributed by atoms with Crippen LogP contribution in [0.4, 0.5) is 5.69 Å². The van der Waals surface area contributed by atoms with E-state index in [4.69, 9.17) is 14.7 Å². The van der Waals surface area contributed by atoms with E-state index in [1.165, 1.54) is 0 Å². The maximum absolute atomic E-state index is 9.07. The van der Waals surface area contributed by atoms with E-state index in [1.54, 1.807) is 14.2 Å². The van der Waals surface area contributed by atoms with Crippen LogP contribution in [0, 0.1) is 24.2 Å². The van der Waals surface area contributed by atoms with Gasteiger partial charge in [-0.25, -0.2) is 0 Å². The summed E-state index contributed by atoms with van der Waals surface area (Å²) in [5, 5.41) is 9.07. The first kappa shape index (κ1) is 15.2. The van der Waals surface area contributed by atoms with E-state index in [1.807, 2.05) is 33.0 Å². The van der Waals surface area contributed by atoms with Gasteiger partial charge in [0.2, 0.25) is 0 Å². The molecule has 0 amide bonds. The Labute approximate surface area is 115 Å². The SMILES string of the molecule is CCC(C#N)CN(C)c1c(C)cc(OC)cc1OC. The number of aryl methyl sites for hydroxylation is 1. The fourth-order valence-corrected chi connectivity index (χ4v) is 2.16. The van der Waals surface area contributed by atoms with Crippen LogP contribution in [0.1, 0.15) is 18.9 Å². The maximum Gasteiger partial charge on any atom is 0.146 e. The van der Waals surface area contributed by atoms with E-state index >= 15 is 0 Å². The molecule has 0 N–H and O–H groups in total. The molecule has 1 unspecified atom stereocenters. The van der Waals surface area contributed by atoms with Crippen LogP contribution in [-0.2, 0) is 0 Å². The minimum atomic E-state index is 0.0243. The van der Waals surface area contributed by atoms with Crippen molar-refractivity contribution >= 4 is 5.69 Å². The summed E-state index contributed by atoms with van der Waals surface area (Å²) in [5.74, 6) is 1.57. The van der Waals surface area contributed by atoms with E-state index in [0.29, 0.717) is 6.54 Å². The van der Waals surface area contributed by atoms with Crippen LogP contribution in [0.3, 0.4) is 0 Å². The highest BCUT2D eigenvalue weighted by Crippen LogP contribution is 2.35. The van der Waals surface area contributed by atoms with Gasteiger partial charge in [0, 0.05) is 19.7 Å². The average molecular weight is 262 g/mol. The predicted molar refractivity (Wildman–Crippen MR) is 76.9 cm³/mol. The Morgan fingerprint density at radius 2 is 2.00 bits per heavy atom. The lowest BCUT2D eigenvalue weighted by Gasteiger charge is -2.26. The van der Waals surface area contributed by atoms with Crippen molar-refractivity contribution in [3.63, 3.8) is 0 Å². The van der Waals surface area contributed by atoms with Crippen molar-refractivity contribution in [1.29, 1.82) is 5.26 Å². The van der Waals surface area contributed by atoms with Crippen LogP contribution in [-0.4, -0.2) is 27.8 Å². The van der Waals surface area contributed by atoms with Crippen molar-refractivity contribution in [2.75, 3.05) is 32.7 Å². The Kier molecular flexibility index (Phi) is 5.50. The van der Waals surface area contributed by atoms with E-state index in [9.17, 15) is 0 Å². The molecular weight excluding hydrogens is 240 g/mol. The van der Waals surface area contributed by atoms with Crippen molar-refractivity contribution in [2.45, 2.75) is 20.3 Å². The maximum atomic E-state index is 9.07. The van der Waals surface area contributed by atoms with Gasteiger partial charge in [0.05, 0.1) is 31.9 Å². The first-order valence-corrected chi connectivity index (χ1v) is 6.40. The van der Waals surface area contributed by atoms with E-state index in [0.717, 1.165) is 29.2 Å². The van der Waals surface area contributed by atoms with Gasteiger partial charge in [0.15, 0.2) is 0 Å². The molecule has 0 aliphatic carbocycles. The molecule has 1 atom stereocenters. The highest BCUT2D eigenvalue weighted by Gasteiger charge is 2.16. The Morgan fingerprint density at radius 1 is 1.32 bits per heavy atom. The minimum absolute atomic E-state index is 0.0243. The van der Waals surface area contributed by atoms with Gasteiger partial charge in [-0.1, -0.05) is 6.92 Å². The third-order valence-electron chi connectivity index (χ3n) is 3.25. The largest absolute Gasteiger partial charge is 0.497 e. The third kappa shape index (κ3) is 3.54. The number of nitriles is 1. The van der Waals surface area contributed by atoms with Crippen LogP contribution in [0.25, 0.3) is 0 Å². The van der Waals surface area contributed by atoms with E-state index in [-0.39, 0.29) is 5.92 Å². The van der Waals surface area contributed by atoms with Crippen molar-refractivity contribution in [2.24, 2.45) is 5.92 Å². The highest BCUT2D eigenvalue weighted by molar-refractivity contribution is 5.65. The van der Waals surface area contributed by atoms with Crippen molar-refractivity contribution in [1.82, 2.24) is 0 Å². The number of hydrogen-bond acceptors (Lipinski definition) is 4. The number of nitrogens with zero attached hydrogens (tertiary/aromatic N) is 2. The fourth-order valence-electron chi connectivity index (χ4n) is 2.16. The summed E-state index contributed by atoms with van der Waals surface area (Å²) in [6.45, 7) is 4.74. The lowest BCUT2D eigenvalue weighted by atomic mass is 10.1. The number of methoxy groups -OCH3 is 2. The van der Waals surface area contributed by atoms with Crippen LogP contribution < -0.4 is 14.4 Å². The topological polar surface area (TPSA) is 45.5 Å². The molecule has 19 heavy (non-hydrogen) atoms. The zero-order chi connectivity index (χ0) is 14.4. The van der Waals surface area contributed by atoms with Crippen LogP contribution in [0.15, 0.2) is 12.1 Å². The molecule has 0 fully saturated rings. The van der Waals surface area contributed by atoms with Gasteiger partial charge in [0.1, 0.15) is 11.5 Å². The van der Waals surface area contributed by atoms with Crippen molar-refractivity contribution in [3.8, 4) is 17.6 Å². The first-order chi connectivity index (χ1) is 9.07. The van der Waals surface area contributed by atoms with Gasteiger partial charge in [-0.15, -0.1) is 0 Å². The number of benzene rings is 1. The van der Waals surface area contributed by atoms with E-state index in [2.05, 4.69) is 11.0 Å². The zero-order valence-corrected chi connectivity index (χ0v) is 12.4. The first-order valence-electron chi connectivity index (χ1n) is 6.40. The molecule has 0 aliphatic rings. The second-order valence-electron chi connectivity index (χ2n) is 4.61. The number of rotatable bonds is 6. The summed E-state index contributed by atoms with van der Waals surface area (Å²) in [6, 6.07) is 6.17. The summed E-state index contributed by atoms with van der Waals surface area (Å²) < 4.78 is 10.7. The lowest BCUT2D eigenvalue weighted by molar-refractivity contribution is 0.393. The molecule has 0 heterocycles. The van der Waals surface area contributed by atoms with Crippen LogP contribution in [0.2, 0.25) is 0 Å². The standard InChI is InChI=1S/C15H22N2O2/c1-6-12(9-16)10-17(3)15-11(2)7-13(18-4)8-14(15)19-5/h7-8,12H,6,10H2,1-5H3. The number of hydrogen-bond donors (Lipinski definition) is 0. The monoisotopic (exact) mass is 262 g/mol. The quantitative estimate of drug-likeness (QED) is 0.790. The Hall–Kier alpha value is -1.89. The smallest absolute Gasteiger partial charge is 0.146 e. The molecule has 0 saturated heterocycles. The average Bonchev–Trinajstić information content (AvgIpc) is 2.43. The molecule has 0 aliphatic heterocycles. The molecule has 104 valence electrons. The number of ether oxygens (including phenoxy) is 2. The highest BCUT2D eigenvalue weighted by atomic mass is 16.5. The summed E-state index contributed by atoms with van der Waals surface area (Å²) in [6.07, 6.45) is 0.846. The van der Waals surface area contributed by atoms with Crippen LogP contribution in [0.5, 0.6) is 11.5 Å². The molecule has 1 rings (SSSR count). The normalized spacial score (nSPS) is 11.6. The number of anilines is 1. The van der Waals surface area contributed by atoms with Gasteiger partial charge < -0.3 is 14.4 Å². The summed E-state index contributed by atoms with van der Waals surface area (Å²) >= 11 is 0. The second kappa shape index (κ2) is 6.89. The molecule has 0 radical (unpaired) electrons. The molecule has 1 aromatic carbocycles. The zero-order valence-electron chi connectivity index (χ0n) is 12.4. The molecular formula is C15H22N2O2. The predicted octanol–water partition coefficient (Wildman–Crippen LogP) is 3.00. The molecule has 0 saturated carbocycles. The molecule has 4 heteroatoms. The van der Waals surface area contributed by atoms with Gasteiger partial charge in [-0.05, 0) is 25.0 Å². The minimum Gasteiger partial charge on any atom is -0.497 e. The summed E-state index contributed by atoms with van der Waals surface area (Å²) in [4.78, 5) is 2.07. The summed E-state index contributed by atoms with van der Waals surface area (Å²) in [5.41, 5.74) is 2.09. The third-order valence-corrected chi connectivity index (χ3v) is 3.25. The fraction of sp³-hybridized carbons (Fsp3) is 0.533. The summed E-state index contributed by atoms with van der Waals surface area (Å²) in [7, 11) is 5.27. The molecule has 0 spiro atoms. The molecule has 0 aromatic heterocycles. The molecule has 1 aromatic rings. The van der Waals surface area contributed by atoms with Gasteiger partial charge in [0.25, 0.3) is 0 Å². The van der Waals surface area contributed by atoms with Gasteiger partial charge in [-0.2, -0.15) is 5.26 Å². The van der Waals surface area contributed by atoms with Gasteiger partial charge >= 0.3 is 0 Å². The second-order valence-corrected chi connectivity index (χ2v) is 4.61. The van der Waals surface area contributed by atoms with Crippen molar-refractivity contribution in [3.05, 3.63) is 17.7 Å². The Bertz CT molecular complexity index is 466. The Balaban J connectivity index is 3.08.